The summed E-state index contributed by atoms with van der Waals surface area (Å²) >= 11 is 0. The van der Waals surface area contributed by atoms with Crippen molar-refractivity contribution in [2.24, 2.45) is 0 Å². The van der Waals surface area contributed by atoms with Gasteiger partial charge in [0, 0.05) is 39.2 Å². The Morgan fingerprint density at radius 3 is 2.50 bits per heavy atom. The van der Waals surface area contributed by atoms with Gasteiger partial charge in [-0.1, -0.05) is 62.1 Å². The highest BCUT2D eigenvalue weighted by atomic mass is 28.3. The van der Waals surface area contributed by atoms with Crippen LogP contribution in [0.4, 0.5) is 5.69 Å². The molecule has 40 heavy (non-hydrogen) atoms. The SMILES string of the molecule is CN(C)CCOc1ccccc1NC(=O)c1nc(-c2cnn(Cc3ccccc3)c2)cn1COCC[Si](C)(C)C. The monoisotopic (exact) mass is 560 g/mol. The molecule has 2 heterocycles. The average molecular weight is 561 g/mol. The molecule has 1 amide bonds. The van der Waals surface area contributed by atoms with E-state index in [1.807, 2.05) is 78.5 Å². The molecule has 0 unspecified atom stereocenters. The first-order chi connectivity index (χ1) is 19.2. The van der Waals surface area contributed by atoms with E-state index in [0.29, 0.717) is 36.9 Å². The fraction of sp³-hybridized carbons (Fsp3) is 0.367. The van der Waals surface area contributed by atoms with Gasteiger partial charge in [0.25, 0.3) is 5.91 Å². The number of hydrogen-bond donors (Lipinski definition) is 1. The number of anilines is 1. The Morgan fingerprint density at radius 1 is 1.00 bits per heavy atom. The van der Waals surface area contributed by atoms with Crippen molar-refractivity contribution in [3.63, 3.8) is 0 Å². The van der Waals surface area contributed by atoms with E-state index in [1.54, 1.807) is 10.8 Å². The molecule has 2 aromatic heterocycles. The van der Waals surface area contributed by atoms with E-state index in [2.05, 4.69) is 42.2 Å². The van der Waals surface area contributed by atoms with Crippen LogP contribution in [0.25, 0.3) is 11.3 Å². The largest absolute Gasteiger partial charge is 0.490 e. The number of likely N-dealkylation sites (N-methyl/N-ethyl adjacent to an activating group) is 1. The summed E-state index contributed by atoms with van der Waals surface area (Å²) < 4.78 is 15.6. The van der Waals surface area contributed by atoms with E-state index in [1.165, 1.54) is 0 Å². The number of nitrogens with zero attached hydrogens (tertiary/aromatic N) is 5. The maximum atomic E-state index is 13.5. The molecular formula is C30H40N6O3Si. The van der Waals surface area contributed by atoms with Crippen LogP contribution in [-0.2, 0) is 18.0 Å². The van der Waals surface area contributed by atoms with Crippen LogP contribution in [0.5, 0.6) is 5.75 Å². The Hall–Kier alpha value is -3.73. The highest BCUT2D eigenvalue weighted by Gasteiger charge is 2.20. The van der Waals surface area contributed by atoms with Crippen LogP contribution < -0.4 is 10.1 Å². The molecule has 0 aliphatic heterocycles. The van der Waals surface area contributed by atoms with Gasteiger partial charge in [0.15, 0.2) is 0 Å². The van der Waals surface area contributed by atoms with E-state index in [-0.39, 0.29) is 18.5 Å². The summed E-state index contributed by atoms with van der Waals surface area (Å²) in [5.41, 5.74) is 3.25. The molecule has 0 spiro atoms. The van der Waals surface area contributed by atoms with Gasteiger partial charge in [0.2, 0.25) is 5.82 Å². The summed E-state index contributed by atoms with van der Waals surface area (Å²) in [5, 5.41) is 7.51. The Bertz CT molecular complexity index is 1380. The van der Waals surface area contributed by atoms with Gasteiger partial charge in [-0.05, 0) is 37.8 Å². The van der Waals surface area contributed by atoms with Gasteiger partial charge in [-0.2, -0.15) is 5.10 Å². The highest BCUT2D eigenvalue weighted by Crippen LogP contribution is 2.25. The van der Waals surface area contributed by atoms with Crippen LogP contribution in [0.1, 0.15) is 16.2 Å². The lowest BCUT2D eigenvalue weighted by atomic mass is 10.2. The second-order valence-corrected chi connectivity index (χ2v) is 16.9. The van der Waals surface area contributed by atoms with Crippen LogP contribution in [0, 0.1) is 0 Å². The number of benzene rings is 2. The fourth-order valence-corrected chi connectivity index (χ4v) is 4.70. The molecule has 0 saturated heterocycles. The van der Waals surface area contributed by atoms with Crippen molar-refractivity contribution in [2.45, 2.75) is 39.0 Å². The van der Waals surface area contributed by atoms with Crippen molar-refractivity contribution >= 4 is 19.7 Å². The topological polar surface area (TPSA) is 86.4 Å². The second kappa shape index (κ2) is 13.6. The zero-order valence-corrected chi connectivity index (χ0v) is 25.1. The van der Waals surface area contributed by atoms with Crippen molar-refractivity contribution in [1.29, 1.82) is 0 Å². The molecule has 0 atom stereocenters. The molecule has 212 valence electrons. The highest BCUT2D eigenvalue weighted by molar-refractivity contribution is 6.76. The average Bonchev–Trinajstić information content (AvgIpc) is 3.55. The standard InChI is InChI=1S/C30H40N6O3Si/c1-34(2)15-16-39-28-14-10-9-13-26(28)33-30(37)29-32-27(22-35(29)23-38-17-18-40(3,4)5)25-19-31-36(21-25)20-24-11-7-6-8-12-24/h6-14,19,21-22H,15-18,20,23H2,1-5H3,(H,33,37). The van der Waals surface area contributed by atoms with Gasteiger partial charge in [0.05, 0.1) is 24.1 Å². The lowest BCUT2D eigenvalue weighted by Crippen LogP contribution is -2.23. The zero-order chi connectivity index (χ0) is 28.5. The number of carbonyl (C=O) groups excluding carboxylic acids is 1. The van der Waals surface area contributed by atoms with E-state index in [4.69, 9.17) is 14.5 Å². The van der Waals surface area contributed by atoms with Gasteiger partial charge < -0.3 is 24.3 Å². The van der Waals surface area contributed by atoms with Crippen LogP contribution in [0.15, 0.2) is 73.2 Å². The number of rotatable bonds is 14. The molecule has 0 bridgehead atoms. The zero-order valence-electron chi connectivity index (χ0n) is 24.1. The van der Waals surface area contributed by atoms with Crippen molar-refractivity contribution in [3.05, 3.63) is 84.6 Å². The molecule has 0 saturated carbocycles. The van der Waals surface area contributed by atoms with Crippen LogP contribution >= 0.6 is 0 Å². The molecule has 0 aliphatic carbocycles. The van der Waals surface area contributed by atoms with Crippen LogP contribution in [0.3, 0.4) is 0 Å². The maximum Gasteiger partial charge on any atom is 0.291 e. The summed E-state index contributed by atoms with van der Waals surface area (Å²) in [6.45, 7) is 9.75. The summed E-state index contributed by atoms with van der Waals surface area (Å²) in [5.74, 6) is 0.548. The number of nitrogens with one attached hydrogen (secondary N) is 1. The molecule has 0 fully saturated rings. The Balaban J connectivity index is 1.54. The molecule has 4 aromatic rings. The Morgan fingerprint density at radius 2 is 1.75 bits per heavy atom. The number of carbonyl (C=O) groups is 1. The predicted octanol–water partition coefficient (Wildman–Crippen LogP) is 5.30. The normalized spacial score (nSPS) is 11.7. The fourth-order valence-electron chi connectivity index (χ4n) is 3.94. The molecule has 1 N–H and O–H groups in total. The first kappa shape index (κ1) is 29.3. The second-order valence-electron chi connectivity index (χ2n) is 11.3. The number of hydrogen-bond acceptors (Lipinski definition) is 6. The number of aromatic nitrogens is 4. The molecule has 0 radical (unpaired) electrons. The number of amides is 1. The number of imidazole rings is 1. The summed E-state index contributed by atoms with van der Waals surface area (Å²) in [6, 6.07) is 18.6. The molecule has 4 rings (SSSR count). The molecule has 2 aromatic carbocycles. The van der Waals surface area contributed by atoms with Gasteiger partial charge >= 0.3 is 0 Å². The van der Waals surface area contributed by atoms with Crippen molar-refractivity contribution in [3.8, 4) is 17.0 Å². The Labute approximate surface area is 237 Å². The predicted molar refractivity (Wildman–Crippen MR) is 162 cm³/mol. The maximum absolute atomic E-state index is 13.5. The minimum absolute atomic E-state index is 0.235. The molecule has 9 nitrogen and oxygen atoms in total. The lowest BCUT2D eigenvalue weighted by Gasteiger charge is -2.16. The summed E-state index contributed by atoms with van der Waals surface area (Å²) in [6.07, 6.45) is 5.57. The lowest BCUT2D eigenvalue weighted by molar-refractivity contribution is 0.0808. The molecular weight excluding hydrogens is 520 g/mol. The van der Waals surface area contributed by atoms with Gasteiger partial charge in [-0.3, -0.25) is 9.48 Å². The first-order valence-corrected chi connectivity index (χ1v) is 17.3. The number of ether oxygens (including phenoxy) is 2. The van der Waals surface area contributed by atoms with Crippen LogP contribution in [0.2, 0.25) is 25.7 Å². The van der Waals surface area contributed by atoms with Gasteiger partial charge in [-0.15, -0.1) is 0 Å². The third-order valence-electron chi connectivity index (χ3n) is 6.25. The third kappa shape index (κ3) is 8.64. The van der Waals surface area contributed by atoms with Crippen LogP contribution in [-0.4, -0.2) is 72.1 Å². The van der Waals surface area contributed by atoms with E-state index in [0.717, 1.165) is 23.7 Å². The minimum atomic E-state index is -1.24. The van der Waals surface area contributed by atoms with E-state index in [9.17, 15) is 4.79 Å². The smallest absolute Gasteiger partial charge is 0.291 e. The van der Waals surface area contributed by atoms with Gasteiger partial charge in [0.1, 0.15) is 19.1 Å². The van der Waals surface area contributed by atoms with Crippen molar-refractivity contribution < 1.29 is 14.3 Å². The minimum Gasteiger partial charge on any atom is -0.490 e. The summed E-state index contributed by atoms with van der Waals surface area (Å²) in [7, 11) is 2.74. The Kier molecular flexibility index (Phi) is 9.92. The van der Waals surface area contributed by atoms with Crippen molar-refractivity contribution in [2.75, 3.05) is 39.2 Å². The molecule has 10 heteroatoms. The van der Waals surface area contributed by atoms with Crippen molar-refractivity contribution in [1.82, 2.24) is 24.2 Å². The molecule has 0 aliphatic rings. The van der Waals surface area contributed by atoms with Gasteiger partial charge in [-0.25, -0.2) is 4.98 Å². The summed E-state index contributed by atoms with van der Waals surface area (Å²) in [4.78, 5) is 20.3. The first-order valence-electron chi connectivity index (χ1n) is 13.6. The van der Waals surface area contributed by atoms with E-state index >= 15 is 0 Å². The number of para-hydroxylation sites is 2. The van der Waals surface area contributed by atoms with E-state index < -0.39 is 8.07 Å². The third-order valence-corrected chi connectivity index (χ3v) is 7.96. The quantitative estimate of drug-likeness (QED) is 0.166.